The van der Waals surface area contributed by atoms with Crippen LogP contribution in [-0.4, -0.2) is 75.2 Å². The Morgan fingerprint density at radius 1 is 1.24 bits per heavy atom. The molecule has 0 bridgehead atoms. The first-order valence-corrected chi connectivity index (χ1v) is 10.5. The number of nitrogens with zero attached hydrogens (tertiary/aromatic N) is 3. The molecule has 0 atom stereocenters. The number of likely N-dealkylation sites (N-methyl/N-ethyl adjacent to an activating group) is 1. The van der Waals surface area contributed by atoms with Crippen LogP contribution >= 0.6 is 11.6 Å². The summed E-state index contributed by atoms with van der Waals surface area (Å²) >= 11 is 6.00. The SMILES string of the molecule is CCNC(=NCc1cc(Cl)ccc1OC(F)F)NCCCN1CCCN(C)CC1. The van der Waals surface area contributed by atoms with Crippen LogP contribution in [0.2, 0.25) is 5.02 Å². The van der Waals surface area contributed by atoms with Gasteiger partial charge >= 0.3 is 6.61 Å². The number of guanidine groups is 1. The molecule has 9 heteroatoms. The first-order valence-electron chi connectivity index (χ1n) is 10.1. The summed E-state index contributed by atoms with van der Waals surface area (Å²) < 4.78 is 29.8. The van der Waals surface area contributed by atoms with Gasteiger partial charge in [0.2, 0.25) is 0 Å². The van der Waals surface area contributed by atoms with Gasteiger partial charge in [0.05, 0.1) is 6.54 Å². The van der Waals surface area contributed by atoms with Crippen LogP contribution in [0.3, 0.4) is 0 Å². The van der Waals surface area contributed by atoms with Crippen molar-refractivity contribution < 1.29 is 13.5 Å². The van der Waals surface area contributed by atoms with E-state index in [0.29, 0.717) is 23.1 Å². The van der Waals surface area contributed by atoms with Gasteiger partial charge in [0.25, 0.3) is 0 Å². The van der Waals surface area contributed by atoms with Crippen molar-refractivity contribution in [3.8, 4) is 5.75 Å². The Kier molecular flexibility index (Phi) is 10.5. The molecule has 1 fully saturated rings. The number of hydrogen-bond acceptors (Lipinski definition) is 4. The Bertz CT molecular complexity index is 647. The van der Waals surface area contributed by atoms with Crippen molar-refractivity contribution in [1.29, 1.82) is 0 Å². The van der Waals surface area contributed by atoms with Crippen LogP contribution in [0.1, 0.15) is 25.3 Å². The fourth-order valence-corrected chi connectivity index (χ4v) is 3.42. The van der Waals surface area contributed by atoms with E-state index in [2.05, 4.69) is 37.2 Å². The standard InChI is InChI=1S/C20H32ClF2N5O/c1-3-24-20(25-8-4-10-28-11-5-9-27(2)12-13-28)26-15-16-14-17(21)6-7-18(16)29-19(22)23/h6-7,14,19H,3-5,8-13,15H2,1-2H3,(H2,24,25,26). The quantitative estimate of drug-likeness (QED) is 0.357. The van der Waals surface area contributed by atoms with Gasteiger partial charge in [0, 0.05) is 36.8 Å². The van der Waals surface area contributed by atoms with E-state index < -0.39 is 6.61 Å². The van der Waals surface area contributed by atoms with Gasteiger partial charge < -0.3 is 25.2 Å². The number of aliphatic imine (C=N–C) groups is 1. The zero-order valence-electron chi connectivity index (χ0n) is 17.3. The predicted molar refractivity (Wildman–Crippen MR) is 114 cm³/mol. The molecule has 1 heterocycles. The summed E-state index contributed by atoms with van der Waals surface area (Å²) in [6, 6.07) is 4.57. The van der Waals surface area contributed by atoms with Crippen molar-refractivity contribution in [3.05, 3.63) is 28.8 Å². The van der Waals surface area contributed by atoms with E-state index in [1.54, 1.807) is 6.07 Å². The third-order valence-electron chi connectivity index (χ3n) is 4.75. The van der Waals surface area contributed by atoms with Gasteiger partial charge in [-0.15, -0.1) is 0 Å². The van der Waals surface area contributed by atoms with Gasteiger partial charge in [0.1, 0.15) is 5.75 Å². The Balaban J connectivity index is 1.85. The molecule has 0 saturated carbocycles. The molecule has 1 aromatic carbocycles. The third-order valence-corrected chi connectivity index (χ3v) is 4.98. The lowest BCUT2D eigenvalue weighted by Gasteiger charge is -2.20. The number of nitrogens with one attached hydrogen (secondary N) is 2. The minimum absolute atomic E-state index is 0.0927. The van der Waals surface area contributed by atoms with Gasteiger partial charge in [0.15, 0.2) is 5.96 Å². The molecule has 6 nitrogen and oxygen atoms in total. The molecular weight excluding hydrogens is 400 g/mol. The molecule has 0 aliphatic carbocycles. The summed E-state index contributed by atoms with van der Waals surface area (Å²) in [5.74, 6) is 0.737. The maximum absolute atomic E-state index is 12.6. The zero-order valence-corrected chi connectivity index (χ0v) is 18.0. The molecule has 1 aliphatic heterocycles. The summed E-state index contributed by atoms with van der Waals surface area (Å²) in [5, 5.41) is 6.94. The van der Waals surface area contributed by atoms with Crippen molar-refractivity contribution in [3.63, 3.8) is 0 Å². The summed E-state index contributed by atoms with van der Waals surface area (Å²) in [6.45, 7) is 6.34. The van der Waals surface area contributed by atoms with E-state index in [4.69, 9.17) is 11.6 Å². The normalized spacial score (nSPS) is 16.7. The molecule has 0 spiro atoms. The molecule has 164 valence electrons. The highest BCUT2D eigenvalue weighted by Gasteiger charge is 2.12. The predicted octanol–water partition coefficient (Wildman–Crippen LogP) is 3.02. The number of alkyl halides is 2. The van der Waals surface area contributed by atoms with Crippen molar-refractivity contribution in [2.45, 2.75) is 32.9 Å². The molecule has 29 heavy (non-hydrogen) atoms. The first kappa shape index (κ1) is 23.6. The van der Waals surface area contributed by atoms with Gasteiger partial charge in [-0.25, -0.2) is 4.99 Å². The Morgan fingerprint density at radius 2 is 2.07 bits per heavy atom. The monoisotopic (exact) mass is 431 g/mol. The van der Waals surface area contributed by atoms with Crippen molar-refractivity contribution in [1.82, 2.24) is 20.4 Å². The van der Waals surface area contributed by atoms with Crippen molar-refractivity contribution in [2.24, 2.45) is 4.99 Å². The Hall–Kier alpha value is -1.64. The first-order chi connectivity index (χ1) is 14.0. The Labute approximate surface area is 177 Å². The van der Waals surface area contributed by atoms with E-state index in [1.807, 2.05) is 6.92 Å². The molecule has 1 aliphatic rings. The van der Waals surface area contributed by atoms with Crippen LogP contribution in [0.5, 0.6) is 5.75 Å². The van der Waals surface area contributed by atoms with Gasteiger partial charge in [-0.05, 0) is 64.6 Å². The minimum Gasteiger partial charge on any atom is -0.434 e. The number of rotatable bonds is 9. The number of halogens is 3. The molecule has 1 saturated heterocycles. The second kappa shape index (κ2) is 12.8. The average molecular weight is 432 g/mol. The van der Waals surface area contributed by atoms with Gasteiger partial charge in [-0.1, -0.05) is 11.6 Å². The maximum atomic E-state index is 12.6. The molecule has 2 N–H and O–H groups in total. The summed E-state index contributed by atoms with van der Waals surface area (Å²) in [4.78, 5) is 9.36. The largest absolute Gasteiger partial charge is 0.434 e. The van der Waals surface area contributed by atoms with Gasteiger partial charge in [-0.3, -0.25) is 0 Å². The Morgan fingerprint density at radius 3 is 2.83 bits per heavy atom. The lowest BCUT2D eigenvalue weighted by Crippen LogP contribution is -2.39. The highest BCUT2D eigenvalue weighted by atomic mass is 35.5. The number of ether oxygens (including phenoxy) is 1. The molecule has 0 radical (unpaired) electrons. The van der Waals surface area contributed by atoms with Crippen LogP contribution in [0.25, 0.3) is 0 Å². The fraction of sp³-hybridized carbons (Fsp3) is 0.650. The van der Waals surface area contributed by atoms with Crippen LogP contribution in [0.4, 0.5) is 8.78 Å². The maximum Gasteiger partial charge on any atom is 0.387 e. The van der Waals surface area contributed by atoms with E-state index >= 15 is 0 Å². The van der Waals surface area contributed by atoms with Crippen molar-refractivity contribution in [2.75, 3.05) is 52.9 Å². The molecule has 0 unspecified atom stereocenters. The van der Waals surface area contributed by atoms with Crippen molar-refractivity contribution >= 4 is 17.6 Å². The van der Waals surface area contributed by atoms with Crippen LogP contribution in [0, 0.1) is 0 Å². The zero-order chi connectivity index (χ0) is 21.1. The third kappa shape index (κ3) is 9.14. The molecule has 0 amide bonds. The summed E-state index contributed by atoms with van der Waals surface area (Å²) in [7, 11) is 2.17. The molecular formula is C20H32ClF2N5O. The van der Waals surface area contributed by atoms with E-state index in [9.17, 15) is 8.78 Å². The van der Waals surface area contributed by atoms with E-state index in [1.165, 1.54) is 18.6 Å². The lowest BCUT2D eigenvalue weighted by molar-refractivity contribution is -0.0504. The summed E-state index contributed by atoms with van der Waals surface area (Å²) in [5.41, 5.74) is 0.517. The highest BCUT2D eigenvalue weighted by molar-refractivity contribution is 6.30. The average Bonchev–Trinajstić information content (AvgIpc) is 2.89. The smallest absolute Gasteiger partial charge is 0.387 e. The van der Waals surface area contributed by atoms with Crippen LogP contribution in [-0.2, 0) is 6.54 Å². The number of hydrogen-bond donors (Lipinski definition) is 2. The number of benzene rings is 1. The van der Waals surface area contributed by atoms with Gasteiger partial charge in [-0.2, -0.15) is 8.78 Å². The van der Waals surface area contributed by atoms with Crippen LogP contribution < -0.4 is 15.4 Å². The van der Waals surface area contributed by atoms with E-state index in [-0.39, 0.29) is 12.3 Å². The fourth-order valence-electron chi connectivity index (χ4n) is 3.22. The second-order valence-electron chi connectivity index (χ2n) is 7.10. The van der Waals surface area contributed by atoms with E-state index in [0.717, 1.165) is 45.7 Å². The molecule has 0 aromatic heterocycles. The van der Waals surface area contributed by atoms with Crippen LogP contribution in [0.15, 0.2) is 23.2 Å². The lowest BCUT2D eigenvalue weighted by atomic mass is 10.2. The molecule has 1 aromatic rings. The molecule has 2 rings (SSSR count). The second-order valence-corrected chi connectivity index (χ2v) is 7.54. The highest BCUT2D eigenvalue weighted by Crippen LogP contribution is 2.25. The minimum atomic E-state index is -2.89. The summed E-state index contributed by atoms with van der Waals surface area (Å²) in [6.07, 6.45) is 2.21. The topological polar surface area (TPSA) is 52.1 Å².